The minimum absolute atomic E-state index is 0.377. The van der Waals surface area contributed by atoms with E-state index in [2.05, 4.69) is 12.2 Å². The molecule has 0 aromatic carbocycles. The van der Waals surface area contributed by atoms with Crippen LogP contribution in [0.25, 0.3) is 0 Å². The number of carbonyl (C=O) groups excluding carboxylic acids is 2. The van der Waals surface area contributed by atoms with E-state index in [4.69, 9.17) is 9.47 Å². The Morgan fingerprint density at radius 2 is 1.30 bits per heavy atom. The monoisotopic (exact) mass is 329 g/mol. The molecule has 0 rings (SSSR count). The highest BCUT2D eigenvalue weighted by Crippen LogP contribution is 2.08. The number of carbonyl (C=O) groups is 2. The van der Waals surface area contributed by atoms with Gasteiger partial charge < -0.3 is 14.8 Å². The van der Waals surface area contributed by atoms with Crippen molar-refractivity contribution in [3.05, 3.63) is 0 Å². The number of ether oxygens (including phenoxy) is 2. The molecule has 0 radical (unpaired) electrons. The molecule has 1 atom stereocenters. The number of esters is 1. The van der Waals surface area contributed by atoms with E-state index in [1.165, 1.54) is 38.5 Å². The van der Waals surface area contributed by atoms with E-state index < -0.39 is 18.1 Å². The van der Waals surface area contributed by atoms with Gasteiger partial charge in [0.2, 0.25) is 0 Å². The van der Waals surface area contributed by atoms with Gasteiger partial charge in [-0.05, 0) is 19.8 Å². The summed E-state index contributed by atoms with van der Waals surface area (Å²) in [6.45, 7) is 6.64. The maximum absolute atomic E-state index is 11.7. The van der Waals surface area contributed by atoms with E-state index in [0.717, 1.165) is 25.7 Å². The van der Waals surface area contributed by atoms with E-state index in [1.54, 1.807) is 6.92 Å². The molecule has 5 nitrogen and oxygen atoms in total. The first kappa shape index (κ1) is 21.7. The molecule has 0 aromatic rings. The molecule has 0 heterocycles. The van der Waals surface area contributed by atoms with Crippen molar-refractivity contribution in [1.29, 1.82) is 0 Å². The second kappa shape index (κ2) is 15.6. The van der Waals surface area contributed by atoms with Crippen LogP contribution in [0.2, 0.25) is 0 Å². The van der Waals surface area contributed by atoms with Gasteiger partial charge in [-0.15, -0.1) is 0 Å². The summed E-state index contributed by atoms with van der Waals surface area (Å²) in [5, 5.41) is 2.48. The summed E-state index contributed by atoms with van der Waals surface area (Å²) in [6.07, 6.45) is 10.9. The highest BCUT2D eigenvalue weighted by atomic mass is 16.6. The molecule has 0 aliphatic heterocycles. The first-order valence-corrected chi connectivity index (χ1v) is 9.21. The summed E-state index contributed by atoms with van der Waals surface area (Å²) >= 11 is 0. The van der Waals surface area contributed by atoms with Crippen molar-refractivity contribution in [3.8, 4) is 0 Å². The van der Waals surface area contributed by atoms with Gasteiger partial charge in [-0.2, -0.15) is 0 Å². The van der Waals surface area contributed by atoms with Crippen molar-refractivity contribution < 1.29 is 19.1 Å². The van der Waals surface area contributed by atoms with Gasteiger partial charge in [0, 0.05) is 0 Å². The fraction of sp³-hybridized carbons (Fsp3) is 0.889. The predicted octanol–water partition coefficient (Wildman–Crippen LogP) is 4.59. The molecule has 136 valence electrons. The summed E-state index contributed by atoms with van der Waals surface area (Å²) in [6, 6.07) is -0.668. The van der Waals surface area contributed by atoms with Gasteiger partial charge in [-0.25, -0.2) is 9.59 Å². The minimum Gasteiger partial charge on any atom is -0.464 e. The van der Waals surface area contributed by atoms with Gasteiger partial charge in [-0.3, -0.25) is 0 Å². The summed E-state index contributed by atoms with van der Waals surface area (Å²) in [5.74, 6) is -0.402. The van der Waals surface area contributed by atoms with Crippen LogP contribution in [-0.2, 0) is 14.3 Å². The van der Waals surface area contributed by atoms with Gasteiger partial charge in [0.15, 0.2) is 0 Å². The largest absolute Gasteiger partial charge is 0.464 e. The molecule has 0 spiro atoms. The Bertz CT molecular complexity index is 307. The molecule has 0 fully saturated rings. The smallest absolute Gasteiger partial charge is 0.407 e. The lowest BCUT2D eigenvalue weighted by Gasteiger charge is -2.13. The van der Waals surface area contributed by atoms with Crippen molar-refractivity contribution >= 4 is 12.1 Å². The molecular formula is C18H35NO4. The molecule has 0 unspecified atom stereocenters. The predicted molar refractivity (Wildman–Crippen MR) is 92.4 cm³/mol. The molecule has 0 aliphatic carbocycles. The van der Waals surface area contributed by atoms with Crippen LogP contribution in [0.5, 0.6) is 0 Å². The summed E-state index contributed by atoms with van der Waals surface area (Å²) in [7, 11) is 0. The molecule has 1 amide bonds. The topological polar surface area (TPSA) is 64.6 Å². The summed E-state index contributed by atoms with van der Waals surface area (Å²) < 4.78 is 10.1. The number of alkyl carbamates (subject to hydrolysis) is 1. The zero-order valence-electron chi connectivity index (χ0n) is 15.2. The summed E-state index contributed by atoms with van der Waals surface area (Å²) in [4.78, 5) is 23.1. The molecule has 0 aromatic heterocycles. The fourth-order valence-corrected chi connectivity index (χ4v) is 2.12. The molecule has 1 N–H and O–H groups in total. The quantitative estimate of drug-likeness (QED) is 0.374. The Morgan fingerprint density at radius 1 is 0.783 bits per heavy atom. The van der Waals surface area contributed by atoms with Crippen LogP contribution in [0.15, 0.2) is 0 Å². The lowest BCUT2D eigenvalue weighted by Crippen LogP contribution is -2.40. The van der Waals surface area contributed by atoms with Crippen molar-refractivity contribution in [2.24, 2.45) is 0 Å². The van der Waals surface area contributed by atoms with Gasteiger partial charge >= 0.3 is 12.1 Å². The fourth-order valence-electron chi connectivity index (χ4n) is 2.12. The lowest BCUT2D eigenvalue weighted by molar-refractivity contribution is -0.145. The number of unbranched alkanes of at least 4 members (excludes halogenated alkanes) is 8. The van der Waals surface area contributed by atoms with E-state index in [9.17, 15) is 9.59 Å². The lowest BCUT2D eigenvalue weighted by atomic mass is 10.1. The van der Waals surface area contributed by atoms with Gasteiger partial charge in [0.25, 0.3) is 0 Å². The maximum atomic E-state index is 11.7. The SMILES string of the molecule is CCCCCCCCCCOC(=O)[C@H](C)NC(=O)OCCCC. The van der Waals surface area contributed by atoms with E-state index in [1.807, 2.05) is 6.92 Å². The van der Waals surface area contributed by atoms with Crippen LogP contribution in [0.4, 0.5) is 4.79 Å². The Balaban J connectivity index is 3.52. The molecule has 0 saturated carbocycles. The molecule has 5 heteroatoms. The number of hydrogen-bond acceptors (Lipinski definition) is 4. The third kappa shape index (κ3) is 14.1. The van der Waals surface area contributed by atoms with Crippen molar-refractivity contribution in [2.45, 2.75) is 91.0 Å². The molecule has 23 heavy (non-hydrogen) atoms. The maximum Gasteiger partial charge on any atom is 0.407 e. The van der Waals surface area contributed by atoms with Crippen LogP contribution in [0.3, 0.4) is 0 Å². The van der Waals surface area contributed by atoms with Crippen LogP contribution in [0.1, 0.15) is 85.0 Å². The first-order valence-electron chi connectivity index (χ1n) is 9.21. The number of rotatable bonds is 14. The normalized spacial score (nSPS) is 11.8. The van der Waals surface area contributed by atoms with Gasteiger partial charge in [0.05, 0.1) is 13.2 Å². The zero-order valence-corrected chi connectivity index (χ0v) is 15.2. The van der Waals surface area contributed by atoms with Crippen LogP contribution in [0, 0.1) is 0 Å². The number of hydrogen-bond donors (Lipinski definition) is 1. The highest BCUT2D eigenvalue weighted by Gasteiger charge is 2.17. The van der Waals surface area contributed by atoms with Crippen LogP contribution >= 0.6 is 0 Å². The van der Waals surface area contributed by atoms with E-state index in [-0.39, 0.29) is 0 Å². The zero-order chi connectivity index (χ0) is 17.3. The average molecular weight is 329 g/mol. The summed E-state index contributed by atoms with van der Waals surface area (Å²) in [5.41, 5.74) is 0. The third-order valence-corrected chi connectivity index (χ3v) is 3.66. The van der Waals surface area contributed by atoms with Gasteiger partial charge in [0.1, 0.15) is 6.04 Å². The Kier molecular flexibility index (Phi) is 14.8. The van der Waals surface area contributed by atoms with E-state index >= 15 is 0 Å². The third-order valence-electron chi connectivity index (χ3n) is 3.66. The second-order valence-corrected chi connectivity index (χ2v) is 6.00. The van der Waals surface area contributed by atoms with Crippen LogP contribution in [-0.4, -0.2) is 31.3 Å². The Hall–Kier alpha value is -1.26. The molecular weight excluding hydrogens is 294 g/mol. The van der Waals surface area contributed by atoms with Crippen molar-refractivity contribution in [2.75, 3.05) is 13.2 Å². The minimum atomic E-state index is -0.668. The standard InChI is InChI=1S/C18H35NO4/c1-4-6-8-9-10-11-12-13-15-22-17(20)16(3)19-18(21)23-14-7-5-2/h16H,4-15H2,1-3H3,(H,19,21)/t16-/m0/s1. The molecule has 0 aliphatic rings. The second-order valence-electron chi connectivity index (χ2n) is 6.00. The number of nitrogens with one attached hydrogen (secondary N) is 1. The van der Waals surface area contributed by atoms with E-state index in [0.29, 0.717) is 13.2 Å². The molecule has 0 bridgehead atoms. The van der Waals surface area contributed by atoms with Crippen LogP contribution < -0.4 is 5.32 Å². The average Bonchev–Trinajstić information content (AvgIpc) is 2.53. The Morgan fingerprint density at radius 3 is 1.91 bits per heavy atom. The van der Waals surface area contributed by atoms with Crippen molar-refractivity contribution in [1.82, 2.24) is 5.32 Å². The highest BCUT2D eigenvalue weighted by molar-refractivity contribution is 5.80. The Labute approximate surface area is 141 Å². The van der Waals surface area contributed by atoms with Crippen molar-refractivity contribution in [3.63, 3.8) is 0 Å². The molecule has 0 saturated heterocycles. The first-order chi connectivity index (χ1) is 11.1. The van der Waals surface area contributed by atoms with Gasteiger partial charge in [-0.1, -0.05) is 65.2 Å². The number of amides is 1.